The number of anilines is 1. The Morgan fingerprint density at radius 1 is 1.32 bits per heavy atom. The minimum atomic E-state index is -1.25. The number of carboxylic acid groups (broad SMARTS) is 1. The van der Waals surface area contributed by atoms with E-state index in [4.69, 9.17) is 10.5 Å². The first kappa shape index (κ1) is 20.0. The van der Waals surface area contributed by atoms with Crippen LogP contribution in [0.3, 0.4) is 0 Å². The lowest BCUT2D eigenvalue weighted by Gasteiger charge is -2.32. The largest absolute Gasteiger partial charge is 0.493 e. The first-order valence-corrected chi connectivity index (χ1v) is 9.61. The van der Waals surface area contributed by atoms with Crippen molar-refractivity contribution < 1.29 is 23.9 Å². The van der Waals surface area contributed by atoms with Crippen molar-refractivity contribution in [1.29, 1.82) is 0 Å². The van der Waals surface area contributed by atoms with Gasteiger partial charge in [-0.15, -0.1) is 0 Å². The number of carboxylic acids is 1. The number of hydrogen-bond donors (Lipinski definition) is 2. The Morgan fingerprint density at radius 2 is 2.04 bits per heavy atom. The van der Waals surface area contributed by atoms with Crippen LogP contribution >= 0.6 is 0 Å². The molecule has 0 radical (unpaired) electrons. The van der Waals surface area contributed by atoms with Gasteiger partial charge in [0.25, 0.3) is 0 Å². The molecule has 152 valence electrons. The number of amides is 1. The summed E-state index contributed by atoms with van der Waals surface area (Å²) in [5.74, 6) is -0.401. The number of piperidine rings is 1. The number of nitrogens with two attached hydrogens (primary N) is 1. The molecule has 1 fully saturated rings. The predicted molar refractivity (Wildman–Crippen MR) is 103 cm³/mol. The molecule has 3 rings (SSSR count). The summed E-state index contributed by atoms with van der Waals surface area (Å²) >= 11 is 0. The lowest BCUT2D eigenvalue weighted by Crippen LogP contribution is -2.39. The molecule has 0 saturated carbocycles. The fraction of sp³-hybridized carbons (Fsp3) is 0.500. The van der Waals surface area contributed by atoms with E-state index in [9.17, 15) is 19.2 Å². The second-order valence-corrected chi connectivity index (χ2v) is 7.25. The van der Waals surface area contributed by atoms with Gasteiger partial charge >= 0.3 is 5.97 Å². The number of likely N-dealkylation sites (tertiary alicyclic amines) is 1. The smallest absolute Gasteiger partial charge is 0.335 e. The fourth-order valence-corrected chi connectivity index (χ4v) is 3.68. The predicted octanol–water partition coefficient (Wildman–Crippen LogP) is 2.56. The molecule has 2 aliphatic rings. The summed E-state index contributed by atoms with van der Waals surface area (Å²) in [6, 6.07) is 4.88. The molecule has 3 N–H and O–H groups in total. The van der Waals surface area contributed by atoms with Gasteiger partial charge in [0.15, 0.2) is 0 Å². The van der Waals surface area contributed by atoms with Crippen molar-refractivity contribution in [2.45, 2.75) is 32.6 Å². The highest BCUT2D eigenvalue weighted by Crippen LogP contribution is 2.39. The molecule has 8 heteroatoms. The van der Waals surface area contributed by atoms with Gasteiger partial charge in [-0.25, -0.2) is 9.92 Å². The van der Waals surface area contributed by atoms with E-state index >= 15 is 0 Å². The Bertz CT molecular complexity index is 788. The van der Waals surface area contributed by atoms with Crippen molar-refractivity contribution in [3.05, 3.63) is 29.3 Å². The number of hydrogen-bond acceptors (Lipinski definition) is 5. The van der Waals surface area contributed by atoms with Crippen LogP contribution in [0.2, 0.25) is 0 Å². The molecule has 0 atom stereocenters. The Labute approximate surface area is 163 Å². The maximum absolute atomic E-state index is 14.3. The number of ether oxygens (including phenoxy) is 1. The Balaban J connectivity index is 1.68. The van der Waals surface area contributed by atoms with Crippen LogP contribution in [0.15, 0.2) is 23.8 Å². The lowest BCUT2D eigenvalue weighted by molar-refractivity contribution is -0.133. The molecular weight excluding hydrogens is 365 g/mol. The van der Waals surface area contributed by atoms with Crippen LogP contribution < -0.4 is 15.6 Å². The normalized spacial score (nSPS) is 17.5. The second-order valence-electron chi connectivity index (χ2n) is 7.25. The maximum atomic E-state index is 14.3. The van der Waals surface area contributed by atoms with E-state index < -0.39 is 12.5 Å². The van der Waals surface area contributed by atoms with Crippen LogP contribution in [0, 0.1) is 5.92 Å². The third-order valence-electron chi connectivity index (χ3n) is 5.32. The van der Waals surface area contributed by atoms with Crippen molar-refractivity contribution in [1.82, 2.24) is 4.90 Å². The standard InChI is InChI=1S/C20H26FN3O4/c1-2-4-17(25)23-9-7-13(8-10-23)12-28-16-6-3-5-15-18(16)19(22)14(20(26)27)11-24(15)21/h3,5-6,13H,2,4,7-12,22H2,1H3,(H,26,27). The van der Waals surface area contributed by atoms with Gasteiger partial charge in [-0.1, -0.05) is 17.5 Å². The van der Waals surface area contributed by atoms with E-state index in [0.717, 1.165) is 19.3 Å². The highest BCUT2D eigenvalue weighted by Gasteiger charge is 2.30. The zero-order valence-corrected chi connectivity index (χ0v) is 16.0. The summed E-state index contributed by atoms with van der Waals surface area (Å²) in [6.45, 7) is 3.43. The summed E-state index contributed by atoms with van der Waals surface area (Å²) < 4.78 is 20.2. The SMILES string of the molecule is CCCC(=O)N1CCC(COc2cccc3c2C(N)=C(C(=O)O)CN3F)CC1. The van der Waals surface area contributed by atoms with Crippen LogP contribution in [0.4, 0.5) is 10.2 Å². The molecule has 1 aromatic carbocycles. The number of nitrogens with zero attached hydrogens (tertiary/aromatic N) is 2. The van der Waals surface area contributed by atoms with E-state index in [1.54, 1.807) is 18.2 Å². The minimum absolute atomic E-state index is 0.0342. The van der Waals surface area contributed by atoms with Crippen molar-refractivity contribution in [2.75, 3.05) is 31.4 Å². The van der Waals surface area contributed by atoms with Gasteiger partial charge in [-0.2, -0.15) is 0 Å². The topological polar surface area (TPSA) is 96.1 Å². The van der Waals surface area contributed by atoms with Gasteiger partial charge in [0.1, 0.15) is 5.75 Å². The molecule has 1 amide bonds. The van der Waals surface area contributed by atoms with Crippen molar-refractivity contribution >= 4 is 23.3 Å². The van der Waals surface area contributed by atoms with Gasteiger partial charge in [0.2, 0.25) is 5.91 Å². The number of benzene rings is 1. The third-order valence-corrected chi connectivity index (χ3v) is 5.32. The number of aliphatic carboxylic acids is 1. The third kappa shape index (κ3) is 4.05. The van der Waals surface area contributed by atoms with Crippen molar-refractivity contribution in [3.8, 4) is 5.75 Å². The number of carbonyl (C=O) groups excluding carboxylic acids is 1. The molecular formula is C20H26FN3O4. The number of halogens is 1. The van der Waals surface area contributed by atoms with Gasteiger partial charge in [-0.05, 0) is 37.3 Å². The second kappa shape index (κ2) is 8.50. The number of rotatable bonds is 6. The molecule has 1 saturated heterocycles. The zero-order chi connectivity index (χ0) is 20.3. The van der Waals surface area contributed by atoms with Crippen LogP contribution in [-0.2, 0) is 9.59 Å². The average Bonchev–Trinajstić information content (AvgIpc) is 2.69. The summed E-state index contributed by atoms with van der Waals surface area (Å²) in [7, 11) is 0. The quantitative estimate of drug-likeness (QED) is 0.724. The van der Waals surface area contributed by atoms with Crippen LogP contribution in [0.1, 0.15) is 38.2 Å². The van der Waals surface area contributed by atoms with E-state index in [0.29, 0.717) is 37.0 Å². The van der Waals surface area contributed by atoms with Gasteiger partial charge in [0.05, 0.1) is 35.7 Å². The highest BCUT2D eigenvalue weighted by molar-refractivity contribution is 6.01. The molecule has 1 aromatic rings. The maximum Gasteiger partial charge on any atom is 0.335 e. The molecule has 7 nitrogen and oxygen atoms in total. The Morgan fingerprint density at radius 3 is 2.68 bits per heavy atom. The first-order valence-electron chi connectivity index (χ1n) is 9.61. The number of carbonyl (C=O) groups is 2. The van der Waals surface area contributed by atoms with Gasteiger partial charge < -0.3 is 20.5 Å². The Hall–Kier alpha value is -2.77. The molecule has 28 heavy (non-hydrogen) atoms. The molecule has 0 aliphatic carbocycles. The fourth-order valence-electron chi connectivity index (χ4n) is 3.68. The van der Waals surface area contributed by atoms with Gasteiger partial charge in [0, 0.05) is 19.5 Å². The van der Waals surface area contributed by atoms with Crippen LogP contribution in [-0.4, -0.2) is 48.1 Å². The van der Waals surface area contributed by atoms with E-state index in [1.807, 2.05) is 11.8 Å². The average molecular weight is 391 g/mol. The molecule has 0 aromatic heterocycles. The lowest BCUT2D eigenvalue weighted by atomic mass is 9.97. The minimum Gasteiger partial charge on any atom is -0.493 e. The number of fused-ring (bicyclic) bond motifs is 1. The molecule has 2 aliphatic heterocycles. The Kier molecular flexibility index (Phi) is 6.06. The van der Waals surface area contributed by atoms with E-state index in [2.05, 4.69) is 0 Å². The van der Waals surface area contributed by atoms with Gasteiger partial charge in [-0.3, -0.25) is 4.79 Å². The molecule has 0 spiro atoms. The van der Waals surface area contributed by atoms with Crippen LogP contribution in [0.5, 0.6) is 5.75 Å². The summed E-state index contributed by atoms with van der Waals surface area (Å²) in [5, 5.41) is 9.66. The molecule has 2 heterocycles. The first-order chi connectivity index (χ1) is 13.4. The molecule has 0 unspecified atom stereocenters. The monoisotopic (exact) mass is 391 g/mol. The van der Waals surface area contributed by atoms with Crippen LogP contribution in [0.25, 0.3) is 5.70 Å². The van der Waals surface area contributed by atoms with Crippen molar-refractivity contribution in [2.24, 2.45) is 11.7 Å². The molecule has 0 bridgehead atoms. The van der Waals surface area contributed by atoms with E-state index in [-0.39, 0.29) is 34.3 Å². The summed E-state index contributed by atoms with van der Waals surface area (Å²) in [4.78, 5) is 25.2. The highest BCUT2D eigenvalue weighted by atomic mass is 19.2. The summed E-state index contributed by atoms with van der Waals surface area (Å²) in [5.41, 5.74) is 6.36. The zero-order valence-electron chi connectivity index (χ0n) is 16.0. The van der Waals surface area contributed by atoms with Crippen molar-refractivity contribution in [3.63, 3.8) is 0 Å². The van der Waals surface area contributed by atoms with E-state index in [1.165, 1.54) is 0 Å². The summed E-state index contributed by atoms with van der Waals surface area (Å²) in [6.07, 6.45) is 3.10.